The molecule has 4 rings (SSSR count). The summed E-state index contributed by atoms with van der Waals surface area (Å²) in [5.41, 5.74) is 1.28. The molecule has 162 valence electrons. The molecule has 3 aromatic rings. The molecule has 0 radical (unpaired) electrons. The molecular weight excluding hydrogens is 398 g/mol. The summed E-state index contributed by atoms with van der Waals surface area (Å²) >= 11 is 0. The lowest BCUT2D eigenvalue weighted by molar-refractivity contribution is 0.0706. The fraction of sp³-hybridized carbons (Fsp3) is 0.348. The molecular formula is C23H25N3O5. The summed E-state index contributed by atoms with van der Waals surface area (Å²) < 4.78 is 21.8. The molecule has 1 aliphatic heterocycles. The highest BCUT2D eigenvalue weighted by atomic mass is 16.5. The Hall–Kier alpha value is -3.55. The zero-order valence-corrected chi connectivity index (χ0v) is 17.8. The Balaban J connectivity index is 1.59. The zero-order valence-electron chi connectivity index (χ0n) is 17.8. The number of benzene rings is 2. The number of carbonyl (C=O) groups excluding carboxylic acids is 1. The smallest absolute Gasteiger partial charge is 0.258 e. The van der Waals surface area contributed by atoms with E-state index in [0.717, 1.165) is 18.4 Å². The Morgan fingerprint density at radius 1 is 1.13 bits per heavy atom. The van der Waals surface area contributed by atoms with Gasteiger partial charge >= 0.3 is 0 Å². The maximum Gasteiger partial charge on any atom is 0.258 e. The lowest BCUT2D eigenvalue weighted by Crippen LogP contribution is -2.31. The number of likely N-dealkylation sites (tertiary alicyclic amines) is 1. The van der Waals surface area contributed by atoms with E-state index in [1.165, 1.54) is 0 Å². The van der Waals surface area contributed by atoms with Crippen molar-refractivity contribution in [3.05, 3.63) is 53.9 Å². The number of hydrogen-bond donors (Lipinski definition) is 0. The summed E-state index contributed by atoms with van der Waals surface area (Å²) in [7, 11) is 3.16. The minimum atomic E-state index is -0.274. The lowest BCUT2D eigenvalue weighted by Gasteiger charge is -2.23. The summed E-state index contributed by atoms with van der Waals surface area (Å²) in [4.78, 5) is 19.6. The van der Waals surface area contributed by atoms with Gasteiger partial charge in [0.1, 0.15) is 11.8 Å². The van der Waals surface area contributed by atoms with Crippen LogP contribution in [-0.4, -0.2) is 48.3 Å². The second-order valence-corrected chi connectivity index (χ2v) is 7.11. The average molecular weight is 423 g/mol. The van der Waals surface area contributed by atoms with E-state index >= 15 is 0 Å². The van der Waals surface area contributed by atoms with Gasteiger partial charge in [0.15, 0.2) is 11.5 Å². The van der Waals surface area contributed by atoms with Gasteiger partial charge < -0.3 is 23.6 Å². The molecule has 2 aromatic carbocycles. The Labute approximate surface area is 180 Å². The summed E-state index contributed by atoms with van der Waals surface area (Å²) in [6, 6.07) is 12.4. The molecule has 1 atom stereocenters. The number of aromatic nitrogens is 2. The molecule has 31 heavy (non-hydrogen) atoms. The molecule has 1 amide bonds. The van der Waals surface area contributed by atoms with Gasteiger partial charge in [-0.25, -0.2) is 0 Å². The SMILES string of the molecule is CCOc1ccccc1C(=O)N1CCC[C@H]1c1nc(-c2ccc(OC)c(OC)c2)no1. The van der Waals surface area contributed by atoms with Gasteiger partial charge in [0.25, 0.3) is 5.91 Å². The van der Waals surface area contributed by atoms with Crippen LogP contribution in [0.1, 0.15) is 42.1 Å². The Morgan fingerprint density at radius 3 is 2.71 bits per heavy atom. The standard InChI is InChI=1S/C23H25N3O5/c1-4-30-18-10-6-5-8-16(18)23(27)26-13-7-9-17(26)22-24-21(25-31-22)15-11-12-19(28-2)20(14-15)29-3/h5-6,8,10-12,14,17H,4,7,9,13H2,1-3H3/t17-/m0/s1. The third kappa shape index (κ3) is 4.05. The third-order valence-corrected chi connectivity index (χ3v) is 5.30. The van der Waals surface area contributed by atoms with Crippen LogP contribution in [0.15, 0.2) is 47.0 Å². The van der Waals surface area contributed by atoms with Crippen LogP contribution < -0.4 is 14.2 Å². The number of ether oxygens (including phenoxy) is 3. The van der Waals surface area contributed by atoms with E-state index in [-0.39, 0.29) is 11.9 Å². The van der Waals surface area contributed by atoms with E-state index < -0.39 is 0 Å². The molecule has 0 bridgehead atoms. The Morgan fingerprint density at radius 2 is 1.94 bits per heavy atom. The Kier molecular flexibility index (Phi) is 6.06. The van der Waals surface area contributed by atoms with E-state index in [1.807, 2.05) is 31.2 Å². The number of hydrogen-bond acceptors (Lipinski definition) is 7. The first-order valence-corrected chi connectivity index (χ1v) is 10.2. The van der Waals surface area contributed by atoms with Crippen molar-refractivity contribution in [1.29, 1.82) is 0 Å². The highest BCUT2D eigenvalue weighted by Crippen LogP contribution is 2.36. The molecule has 1 fully saturated rings. The van der Waals surface area contributed by atoms with Crippen molar-refractivity contribution >= 4 is 5.91 Å². The van der Waals surface area contributed by atoms with Gasteiger partial charge in [0.05, 0.1) is 26.4 Å². The largest absolute Gasteiger partial charge is 0.493 e. The van der Waals surface area contributed by atoms with Crippen molar-refractivity contribution in [1.82, 2.24) is 15.0 Å². The number of carbonyl (C=O) groups is 1. The first-order chi connectivity index (χ1) is 15.2. The number of methoxy groups -OCH3 is 2. The Bertz CT molecular complexity index is 1060. The van der Waals surface area contributed by atoms with Crippen LogP contribution in [0.25, 0.3) is 11.4 Å². The van der Waals surface area contributed by atoms with E-state index in [9.17, 15) is 4.79 Å². The quantitative estimate of drug-likeness (QED) is 0.565. The molecule has 1 saturated heterocycles. The summed E-state index contributed by atoms with van der Waals surface area (Å²) in [5, 5.41) is 4.13. The van der Waals surface area contributed by atoms with Crippen molar-refractivity contribution in [3.8, 4) is 28.6 Å². The predicted molar refractivity (Wildman–Crippen MR) is 113 cm³/mol. The maximum absolute atomic E-state index is 13.3. The lowest BCUT2D eigenvalue weighted by atomic mass is 10.1. The highest BCUT2D eigenvalue weighted by molar-refractivity contribution is 5.97. The highest BCUT2D eigenvalue weighted by Gasteiger charge is 2.35. The summed E-state index contributed by atoms with van der Waals surface area (Å²) in [6.45, 7) is 3.01. The van der Waals surface area contributed by atoms with Crippen molar-refractivity contribution in [2.45, 2.75) is 25.8 Å². The average Bonchev–Trinajstić information content (AvgIpc) is 3.48. The van der Waals surface area contributed by atoms with Gasteiger partial charge in [-0.05, 0) is 50.1 Å². The van der Waals surface area contributed by atoms with E-state index in [2.05, 4.69) is 10.1 Å². The fourth-order valence-electron chi connectivity index (χ4n) is 3.81. The van der Waals surface area contributed by atoms with Crippen LogP contribution in [-0.2, 0) is 0 Å². The van der Waals surface area contributed by atoms with Gasteiger partial charge in [-0.1, -0.05) is 17.3 Å². The maximum atomic E-state index is 13.3. The van der Waals surface area contributed by atoms with Gasteiger partial charge in [-0.2, -0.15) is 4.98 Å². The first-order valence-electron chi connectivity index (χ1n) is 10.2. The summed E-state index contributed by atoms with van der Waals surface area (Å²) in [6.07, 6.45) is 1.62. The molecule has 8 nitrogen and oxygen atoms in total. The normalized spacial score (nSPS) is 15.7. The molecule has 1 aromatic heterocycles. The summed E-state index contributed by atoms with van der Waals surface area (Å²) in [5.74, 6) is 2.54. The van der Waals surface area contributed by atoms with Crippen molar-refractivity contribution in [2.75, 3.05) is 27.4 Å². The number of para-hydroxylation sites is 1. The topological polar surface area (TPSA) is 86.9 Å². The van der Waals surface area contributed by atoms with Crippen molar-refractivity contribution in [2.24, 2.45) is 0 Å². The van der Waals surface area contributed by atoms with Crippen LogP contribution in [0.3, 0.4) is 0 Å². The van der Waals surface area contributed by atoms with Crippen molar-refractivity contribution < 1.29 is 23.5 Å². The van der Waals surface area contributed by atoms with Crippen LogP contribution in [0.4, 0.5) is 0 Å². The number of nitrogens with zero attached hydrogens (tertiary/aromatic N) is 3. The van der Waals surface area contributed by atoms with Gasteiger partial charge in [-0.15, -0.1) is 0 Å². The van der Waals surface area contributed by atoms with Crippen LogP contribution in [0, 0.1) is 0 Å². The predicted octanol–water partition coefficient (Wildman–Crippen LogP) is 4.13. The van der Waals surface area contributed by atoms with Gasteiger partial charge in [0.2, 0.25) is 11.7 Å². The van der Waals surface area contributed by atoms with E-state index in [4.69, 9.17) is 18.7 Å². The minimum Gasteiger partial charge on any atom is -0.493 e. The van der Waals surface area contributed by atoms with Gasteiger partial charge in [-0.3, -0.25) is 4.79 Å². The second kappa shape index (κ2) is 9.07. The molecule has 0 aliphatic carbocycles. The monoisotopic (exact) mass is 423 g/mol. The molecule has 0 N–H and O–H groups in total. The van der Waals surface area contributed by atoms with Crippen LogP contribution in [0.2, 0.25) is 0 Å². The van der Waals surface area contributed by atoms with Gasteiger partial charge in [0, 0.05) is 12.1 Å². The zero-order chi connectivity index (χ0) is 21.8. The van der Waals surface area contributed by atoms with E-state index in [0.29, 0.717) is 47.7 Å². The van der Waals surface area contributed by atoms with Crippen LogP contribution >= 0.6 is 0 Å². The number of rotatable bonds is 7. The van der Waals surface area contributed by atoms with E-state index in [1.54, 1.807) is 37.3 Å². The molecule has 0 unspecified atom stereocenters. The molecule has 2 heterocycles. The minimum absolute atomic E-state index is 0.0996. The molecule has 0 saturated carbocycles. The fourth-order valence-corrected chi connectivity index (χ4v) is 3.81. The third-order valence-electron chi connectivity index (χ3n) is 5.30. The first kappa shape index (κ1) is 20.7. The van der Waals surface area contributed by atoms with Crippen molar-refractivity contribution in [3.63, 3.8) is 0 Å². The molecule has 0 spiro atoms. The second-order valence-electron chi connectivity index (χ2n) is 7.11. The molecule has 8 heteroatoms. The van der Waals surface area contributed by atoms with Crippen LogP contribution in [0.5, 0.6) is 17.2 Å². The molecule has 1 aliphatic rings. The number of amides is 1.